The molecule has 2 aromatic carbocycles. The fraction of sp³-hybridized carbons (Fsp3) is 0.333. The molecule has 0 radical (unpaired) electrons. The lowest BCUT2D eigenvalue weighted by atomic mass is 9.98. The Labute approximate surface area is 169 Å². The number of hydrogen-bond acceptors (Lipinski definition) is 5. The summed E-state index contributed by atoms with van der Waals surface area (Å²) in [5.74, 6) is 3.16. The van der Waals surface area contributed by atoms with E-state index in [0.717, 1.165) is 28.5 Å². The molecule has 4 rings (SSSR count). The van der Waals surface area contributed by atoms with Gasteiger partial charge in [0.2, 0.25) is 0 Å². The predicted octanol–water partition coefficient (Wildman–Crippen LogP) is 4.68. The number of para-hydroxylation sites is 1. The van der Waals surface area contributed by atoms with Crippen LogP contribution in [0.2, 0.25) is 5.02 Å². The molecule has 0 saturated carbocycles. The van der Waals surface area contributed by atoms with E-state index in [1.54, 1.807) is 14.2 Å². The lowest BCUT2D eigenvalue weighted by Gasteiger charge is -2.22. The fourth-order valence-corrected chi connectivity index (χ4v) is 3.80. The van der Waals surface area contributed by atoms with E-state index < -0.39 is 0 Å². The van der Waals surface area contributed by atoms with Crippen molar-refractivity contribution in [1.82, 2.24) is 14.8 Å². The third-order valence-corrected chi connectivity index (χ3v) is 5.11. The number of fused-ring (bicyclic) bond motifs is 3. The normalized spacial score (nSPS) is 15.7. The molecule has 0 spiro atoms. The average Bonchev–Trinajstić information content (AvgIpc) is 3.05. The standard InChI is InChI=1S/C21H22ClN3O3/c1-12(2)21-24-23-18-11-28-19(14-6-5-7-17(26-3)20(14)27-4)15-10-13(22)8-9-16(15)25(18)21/h5-10,12,19H,11H2,1-4H3/t19-/m1/s1. The van der Waals surface area contributed by atoms with Crippen LogP contribution in [0.5, 0.6) is 11.5 Å². The second-order valence-electron chi connectivity index (χ2n) is 6.94. The van der Waals surface area contributed by atoms with Gasteiger partial charge in [-0.25, -0.2) is 0 Å². The van der Waals surface area contributed by atoms with E-state index in [4.69, 9.17) is 25.8 Å². The molecule has 0 amide bonds. The number of benzene rings is 2. The number of ether oxygens (including phenoxy) is 3. The van der Waals surface area contributed by atoms with Gasteiger partial charge in [-0.3, -0.25) is 4.57 Å². The highest BCUT2D eigenvalue weighted by molar-refractivity contribution is 6.30. The van der Waals surface area contributed by atoms with Gasteiger partial charge in [0.15, 0.2) is 17.3 Å². The SMILES string of the molecule is COc1cccc([C@H]2OCc3nnc(C(C)C)n3-c3ccc(Cl)cc32)c1OC. The third-order valence-electron chi connectivity index (χ3n) is 4.88. The molecule has 0 unspecified atom stereocenters. The third kappa shape index (κ3) is 3.02. The van der Waals surface area contributed by atoms with Gasteiger partial charge in [0.05, 0.1) is 19.9 Å². The number of aromatic nitrogens is 3. The van der Waals surface area contributed by atoms with Gasteiger partial charge in [-0.05, 0) is 24.3 Å². The van der Waals surface area contributed by atoms with E-state index in [-0.39, 0.29) is 12.0 Å². The molecule has 0 saturated heterocycles. The van der Waals surface area contributed by atoms with Gasteiger partial charge in [-0.2, -0.15) is 0 Å². The molecule has 1 aliphatic heterocycles. The van der Waals surface area contributed by atoms with Crippen LogP contribution >= 0.6 is 11.6 Å². The summed E-state index contributed by atoms with van der Waals surface area (Å²) in [7, 11) is 3.25. The Morgan fingerprint density at radius 1 is 1.11 bits per heavy atom. The summed E-state index contributed by atoms with van der Waals surface area (Å²) >= 11 is 6.37. The van der Waals surface area contributed by atoms with Gasteiger partial charge in [0.25, 0.3) is 0 Å². The summed E-state index contributed by atoms with van der Waals surface area (Å²) in [6, 6.07) is 11.6. The van der Waals surface area contributed by atoms with E-state index in [9.17, 15) is 0 Å². The van der Waals surface area contributed by atoms with Gasteiger partial charge in [-0.15, -0.1) is 10.2 Å². The summed E-state index contributed by atoms with van der Waals surface area (Å²) < 4.78 is 19.5. The minimum Gasteiger partial charge on any atom is -0.493 e. The van der Waals surface area contributed by atoms with Crippen LogP contribution < -0.4 is 9.47 Å². The Balaban J connectivity index is 1.95. The second kappa shape index (κ2) is 7.45. The van der Waals surface area contributed by atoms with Crippen LogP contribution in [0.15, 0.2) is 36.4 Å². The molecule has 0 fully saturated rings. The first kappa shape index (κ1) is 18.8. The Kier molecular flexibility index (Phi) is 5.00. The van der Waals surface area contributed by atoms with Gasteiger partial charge < -0.3 is 14.2 Å². The highest BCUT2D eigenvalue weighted by Gasteiger charge is 2.30. The molecule has 0 aliphatic carbocycles. The first-order valence-corrected chi connectivity index (χ1v) is 9.49. The zero-order valence-corrected chi connectivity index (χ0v) is 17.0. The first-order valence-electron chi connectivity index (χ1n) is 9.11. The summed E-state index contributed by atoms with van der Waals surface area (Å²) in [6.07, 6.45) is -0.388. The molecule has 1 atom stereocenters. The van der Waals surface area contributed by atoms with E-state index in [0.29, 0.717) is 23.1 Å². The molecule has 6 nitrogen and oxygen atoms in total. The Hall–Kier alpha value is -2.57. The lowest BCUT2D eigenvalue weighted by molar-refractivity contribution is 0.0636. The molecule has 3 aromatic rings. The quantitative estimate of drug-likeness (QED) is 0.637. The van der Waals surface area contributed by atoms with Crippen LogP contribution in [0.3, 0.4) is 0 Å². The van der Waals surface area contributed by atoms with Crippen molar-refractivity contribution in [3.63, 3.8) is 0 Å². The van der Waals surface area contributed by atoms with Crippen molar-refractivity contribution < 1.29 is 14.2 Å². The maximum Gasteiger partial charge on any atom is 0.166 e. The highest BCUT2D eigenvalue weighted by atomic mass is 35.5. The largest absolute Gasteiger partial charge is 0.493 e. The molecular formula is C21H22ClN3O3. The summed E-state index contributed by atoms with van der Waals surface area (Å²) in [4.78, 5) is 0. The minimum atomic E-state index is -0.388. The number of rotatable bonds is 4. The molecule has 1 aliphatic rings. The van der Waals surface area contributed by atoms with Crippen molar-refractivity contribution in [1.29, 1.82) is 0 Å². The highest BCUT2D eigenvalue weighted by Crippen LogP contribution is 2.43. The molecule has 0 N–H and O–H groups in total. The predicted molar refractivity (Wildman–Crippen MR) is 107 cm³/mol. The second-order valence-corrected chi connectivity index (χ2v) is 7.38. The van der Waals surface area contributed by atoms with Crippen LogP contribution in [-0.4, -0.2) is 29.0 Å². The summed E-state index contributed by atoms with van der Waals surface area (Å²) in [6.45, 7) is 4.51. The Morgan fingerprint density at radius 2 is 1.93 bits per heavy atom. The van der Waals surface area contributed by atoms with E-state index in [1.807, 2.05) is 36.4 Å². The van der Waals surface area contributed by atoms with E-state index in [1.165, 1.54) is 0 Å². The van der Waals surface area contributed by atoms with Gasteiger partial charge in [0.1, 0.15) is 18.5 Å². The van der Waals surface area contributed by atoms with Crippen molar-refractivity contribution in [3.05, 3.63) is 64.2 Å². The van der Waals surface area contributed by atoms with Crippen LogP contribution in [0.25, 0.3) is 5.69 Å². The van der Waals surface area contributed by atoms with Crippen molar-refractivity contribution in [2.45, 2.75) is 32.5 Å². The average molecular weight is 400 g/mol. The smallest absolute Gasteiger partial charge is 0.166 e. The number of methoxy groups -OCH3 is 2. The van der Waals surface area contributed by atoms with E-state index in [2.05, 4.69) is 28.6 Å². The van der Waals surface area contributed by atoms with Crippen molar-refractivity contribution in [2.24, 2.45) is 0 Å². The molecule has 0 bridgehead atoms. The molecule has 28 heavy (non-hydrogen) atoms. The molecular weight excluding hydrogens is 378 g/mol. The minimum absolute atomic E-state index is 0.215. The first-order chi connectivity index (χ1) is 13.5. The fourth-order valence-electron chi connectivity index (χ4n) is 3.62. The maximum absolute atomic E-state index is 6.37. The number of halogens is 1. The van der Waals surface area contributed by atoms with Crippen molar-refractivity contribution >= 4 is 11.6 Å². The molecule has 146 valence electrons. The Bertz CT molecular complexity index is 1020. The van der Waals surface area contributed by atoms with Crippen LogP contribution in [0, 0.1) is 0 Å². The van der Waals surface area contributed by atoms with Gasteiger partial charge in [0, 0.05) is 22.1 Å². The summed E-state index contributed by atoms with van der Waals surface area (Å²) in [5.41, 5.74) is 2.76. The molecule has 2 heterocycles. The van der Waals surface area contributed by atoms with Crippen LogP contribution in [0.1, 0.15) is 48.6 Å². The monoisotopic (exact) mass is 399 g/mol. The van der Waals surface area contributed by atoms with Crippen LogP contribution in [-0.2, 0) is 11.3 Å². The van der Waals surface area contributed by atoms with Crippen molar-refractivity contribution in [3.8, 4) is 17.2 Å². The Morgan fingerprint density at radius 3 is 2.64 bits per heavy atom. The summed E-state index contributed by atoms with van der Waals surface area (Å²) in [5, 5.41) is 9.37. The van der Waals surface area contributed by atoms with Gasteiger partial charge >= 0.3 is 0 Å². The van der Waals surface area contributed by atoms with Crippen molar-refractivity contribution in [2.75, 3.05) is 14.2 Å². The van der Waals surface area contributed by atoms with E-state index >= 15 is 0 Å². The van der Waals surface area contributed by atoms with Crippen LogP contribution in [0.4, 0.5) is 0 Å². The molecule has 7 heteroatoms. The zero-order chi connectivity index (χ0) is 19.8. The topological polar surface area (TPSA) is 58.4 Å². The lowest BCUT2D eigenvalue weighted by Crippen LogP contribution is -2.10. The van der Waals surface area contributed by atoms with Gasteiger partial charge in [-0.1, -0.05) is 37.6 Å². The maximum atomic E-state index is 6.37. The zero-order valence-electron chi connectivity index (χ0n) is 16.3. The number of hydrogen-bond donors (Lipinski definition) is 0. The number of nitrogens with zero attached hydrogens (tertiary/aromatic N) is 3. The molecule has 1 aromatic heterocycles.